The van der Waals surface area contributed by atoms with Gasteiger partial charge in [0.1, 0.15) is 17.1 Å². The molecule has 106 valence electrons. The molecule has 2 N–H and O–H groups in total. The summed E-state index contributed by atoms with van der Waals surface area (Å²) in [4.78, 5) is 13.5. The number of furan rings is 1. The van der Waals surface area contributed by atoms with E-state index < -0.39 is 23.1 Å². The molecule has 2 rings (SSSR count). The maximum Gasteiger partial charge on any atom is 0.260 e. The van der Waals surface area contributed by atoms with Crippen LogP contribution in [0.2, 0.25) is 0 Å². The van der Waals surface area contributed by atoms with E-state index in [1.54, 1.807) is 19.1 Å². The molecular formula is C14H14F2N2O2. The fourth-order valence-corrected chi connectivity index (χ4v) is 1.84. The van der Waals surface area contributed by atoms with Crippen LogP contribution in [0.3, 0.4) is 0 Å². The molecule has 1 aromatic heterocycles. The molecule has 0 atom stereocenters. The van der Waals surface area contributed by atoms with Crippen LogP contribution in [0.1, 0.15) is 23.0 Å². The lowest BCUT2D eigenvalue weighted by Crippen LogP contribution is -2.31. The first-order valence-corrected chi connectivity index (χ1v) is 6.09. The molecule has 0 fully saturated rings. The SMILES string of the molecule is CCN(Cc1ccco1)C(=O)c1c(F)ccc(N)c1F. The van der Waals surface area contributed by atoms with E-state index in [0.717, 1.165) is 12.1 Å². The maximum absolute atomic E-state index is 13.9. The highest BCUT2D eigenvalue weighted by Gasteiger charge is 2.24. The van der Waals surface area contributed by atoms with E-state index in [4.69, 9.17) is 10.2 Å². The third kappa shape index (κ3) is 2.64. The zero-order valence-corrected chi connectivity index (χ0v) is 10.9. The first-order chi connectivity index (χ1) is 9.54. The van der Waals surface area contributed by atoms with Gasteiger partial charge in [-0.05, 0) is 31.2 Å². The van der Waals surface area contributed by atoms with Crippen LogP contribution in [0.4, 0.5) is 14.5 Å². The number of hydrogen-bond acceptors (Lipinski definition) is 3. The predicted molar refractivity (Wildman–Crippen MR) is 69.9 cm³/mol. The highest BCUT2D eigenvalue weighted by molar-refractivity contribution is 5.95. The van der Waals surface area contributed by atoms with Crippen LogP contribution < -0.4 is 5.73 Å². The Morgan fingerprint density at radius 3 is 2.70 bits per heavy atom. The molecular weight excluding hydrogens is 266 g/mol. The minimum atomic E-state index is -1.03. The summed E-state index contributed by atoms with van der Waals surface area (Å²) in [5, 5.41) is 0. The Bertz CT molecular complexity index is 612. The number of rotatable bonds is 4. The van der Waals surface area contributed by atoms with Gasteiger partial charge < -0.3 is 15.1 Å². The van der Waals surface area contributed by atoms with Crippen LogP contribution in [0.15, 0.2) is 34.9 Å². The number of nitrogens with zero attached hydrogens (tertiary/aromatic N) is 1. The average molecular weight is 280 g/mol. The van der Waals surface area contributed by atoms with Gasteiger partial charge in [-0.2, -0.15) is 0 Å². The smallest absolute Gasteiger partial charge is 0.260 e. The summed E-state index contributed by atoms with van der Waals surface area (Å²) in [6.45, 7) is 2.13. The maximum atomic E-state index is 13.9. The van der Waals surface area contributed by atoms with Gasteiger partial charge in [-0.1, -0.05) is 0 Å². The van der Waals surface area contributed by atoms with Crippen molar-refractivity contribution in [2.75, 3.05) is 12.3 Å². The minimum Gasteiger partial charge on any atom is -0.467 e. The molecule has 0 unspecified atom stereocenters. The summed E-state index contributed by atoms with van der Waals surface area (Å²) < 4.78 is 32.7. The summed E-state index contributed by atoms with van der Waals surface area (Å²) >= 11 is 0. The Hall–Kier alpha value is -2.37. The highest BCUT2D eigenvalue weighted by atomic mass is 19.1. The molecule has 1 heterocycles. The van der Waals surface area contributed by atoms with Gasteiger partial charge in [0.2, 0.25) is 0 Å². The quantitative estimate of drug-likeness (QED) is 0.876. The molecule has 0 radical (unpaired) electrons. The highest BCUT2D eigenvalue weighted by Crippen LogP contribution is 2.21. The van der Waals surface area contributed by atoms with Crippen LogP contribution in [-0.4, -0.2) is 17.4 Å². The Morgan fingerprint density at radius 2 is 2.10 bits per heavy atom. The third-order valence-corrected chi connectivity index (χ3v) is 2.93. The fourth-order valence-electron chi connectivity index (χ4n) is 1.84. The number of nitrogens with two attached hydrogens (primary N) is 1. The Labute approximate surface area is 114 Å². The molecule has 4 nitrogen and oxygen atoms in total. The van der Waals surface area contributed by atoms with E-state index in [-0.39, 0.29) is 18.8 Å². The third-order valence-electron chi connectivity index (χ3n) is 2.93. The van der Waals surface area contributed by atoms with Crippen LogP contribution in [0.5, 0.6) is 0 Å². The van der Waals surface area contributed by atoms with Crippen molar-refractivity contribution in [2.24, 2.45) is 0 Å². The van der Waals surface area contributed by atoms with Crippen molar-refractivity contribution in [3.05, 3.63) is 53.5 Å². The van der Waals surface area contributed by atoms with Crippen molar-refractivity contribution >= 4 is 11.6 Å². The van der Waals surface area contributed by atoms with Gasteiger partial charge in [-0.25, -0.2) is 8.78 Å². The van der Waals surface area contributed by atoms with Crippen molar-refractivity contribution in [1.29, 1.82) is 0 Å². The first-order valence-electron chi connectivity index (χ1n) is 6.09. The predicted octanol–water partition coefficient (Wildman–Crippen LogP) is 2.80. The lowest BCUT2D eigenvalue weighted by atomic mass is 10.1. The number of halogens is 2. The molecule has 6 heteroatoms. The standard InChI is InChI=1S/C14H14F2N2O2/c1-2-18(8-9-4-3-7-20-9)14(19)12-10(15)5-6-11(17)13(12)16/h3-7H,2,8,17H2,1H3. The Kier molecular flexibility index (Phi) is 4.02. The number of nitrogen functional groups attached to an aromatic ring is 1. The van der Waals surface area contributed by atoms with E-state index in [1.807, 2.05) is 0 Å². The van der Waals surface area contributed by atoms with Crippen LogP contribution in [0.25, 0.3) is 0 Å². The summed E-state index contributed by atoms with van der Waals surface area (Å²) in [7, 11) is 0. The normalized spacial score (nSPS) is 10.6. The van der Waals surface area contributed by atoms with Crippen molar-refractivity contribution < 1.29 is 18.0 Å². The average Bonchev–Trinajstić information content (AvgIpc) is 2.93. The second-order valence-electron chi connectivity index (χ2n) is 4.22. The van der Waals surface area contributed by atoms with Gasteiger partial charge in [0.15, 0.2) is 5.82 Å². The summed E-state index contributed by atoms with van der Waals surface area (Å²) in [6, 6.07) is 5.42. The van der Waals surface area contributed by atoms with E-state index >= 15 is 0 Å². The van der Waals surface area contributed by atoms with Gasteiger partial charge in [0, 0.05) is 6.54 Å². The summed E-state index contributed by atoms with van der Waals surface area (Å²) in [5.74, 6) is -2.19. The zero-order chi connectivity index (χ0) is 14.7. The Morgan fingerprint density at radius 1 is 1.35 bits per heavy atom. The van der Waals surface area contributed by atoms with Gasteiger partial charge in [-0.15, -0.1) is 0 Å². The molecule has 0 saturated heterocycles. The molecule has 1 aromatic carbocycles. The molecule has 0 aliphatic carbocycles. The molecule has 20 heavy (non-hydrogen) atoms. The summed E-state index contributed by atoms with van der Waals surface area (Å²) in [5.41, 5.74) is 4.47. The lowest BCUT2D eigenvalue weighted by molar-refractivity contribution is 0.0731. The van der Waals surface area contributed by atoms with Crippen LogP contribution in [0, 0.1) is 11.6 Å². The number of hydrogen-bond donors (Lipinski definition) is 1. The van der Waals surface area contributed by atoms with Crippen molar-refractivity contribution in [3.63, 3.8) is 0 Å². The number of benzene rings is 1. The van der Waals surface area contributed by atoms with Gasteiger partial charge in [0.25, 0.3) is 5.91 Å². The molecule has 0 aliphatic rings. The van der Waals surface area contributed by atoms with Gasteiger partial charge >= 0.3 is 0 Å². The molecule has 0 bridgehead atoms. The van der Waals surface area contributed by atoms with E-state index in [0.29, 0.717) is 5.76 Å². The second-order valence-corrected chi connectivity index (χ2v) is 4.22. The largest absolute Gasteiger partial charge is 0.467 e. The fraction of sp³-hybridized carbons (Fsp3) is 0.214. The van der Waals surface area contributed by atoms with Crippen molar-refractivity contribution in [2.45, 2.75) is 13.5 Å². The van der Waals surface area contributed by atoms with Crippen LogP contribution >= 0.6 is 0 Å². The number of carbonyl (C=O) groups is 1. The topological polar surface area (TPSA) is 59.5 Å². The zero-order valence-electron chi connectivity index (χ0n) is 10.9. The van der Waals surface area contributed by atoms with Crippen molar-refractivity contribution in [3.8, 4) is 0 Å². The monoisotopic (exact) mass is 280 g/mol. The number of amides is 1. The van der Waals surface area contributed by atoms with E-state index in [9.17, 15) is 13.6 Å². The van der Waals surface area contributed by atoms with Crippen molar-refractivity contribution in [1.82, 2.24) is 4.90 Å². The number of anilines is 1. The molecule has 0 saturated carbocycles. The molecule has 2 aromatic rings. The number of carbonyl (C=O) groups excluding carboxylic acids is 1. The van der Waals surface area contributed by atoms with E-state index in [1.165, 1.54) is 11.2 Å². The first kappa shape index (κ1) is 14.0. The molecule has 1 amide bonds. The molecule has 0 aliphatic heterocycles. The van der Waals surface area contributed by atoms with Crippen LogP contribution in [-0.2, 0) is 6.54 Å². The minimum absolute atomic E-state index is 0.135. The van der Waals surface area contributed by atoms with Gasteiger partial charge in [-0.3, -0.25) is 4.79 Å². The van der Waals surface area contributed by atoms with Gasteiger partial charge in [0.05, 0.1) is 18.5 Å². The van der Waals surface area contributed by atoms with E-state index in [2.05, 4.69) is 0 Å². The molecule has 0 spiro atoms. The lowest BCUT2D eigenvalue weighted by Gasteiger charge is -2.20. The summed E-state index contributed by atoms with van der Waals surface area (Å²) in [6.07, 6.45) is 1.47. The Balaban J connectivity index is 2.31. The second kappa shape index (κ2) is 5.73.